The first-order valence-electron chi connectivity index (χ1n) is 5.80. The molecule has 8 nitrogen and oxygen atoms in total. The van der Waals surface area contributed by atoms with Crippen molar-refractivity contribution in [2.24, 2.45) is 0 Å². The van der Waals surface area contributed by atoms with E-state index in [-0.39, 0.29) is 23.0 Å². The fraction of sp³-hybridized carbons (Fsp3) is 0.0833. The molecule has 2 N–H and O–H groups in total. The van der Waals surface area contributed by atoms with Crippen LogP contribution in [0.4, 0.5) is 5.82 Å². The minimum absolute atomic E-state index is 0.0299. The molecule has 3 aromatic heterocycles. The van der Waals surface area contributed by atoms with Crippen LogP contribution < -0.4 is 5.73 Å². The summed E-state index contributed by atoms with van der Waals surface area (Å²) in [6.07, 6.45) is 2.86. The summed E-state index contributed by atoms with van der Waals surface area (Å²) in [5.74, 6) is -0.305. The summed E-state index contributed by atoms with van der Waals surface area (Å²) in [7, 11) is 0. The van der Waals surface area contributed by atoms with Gasteiger partial charge < -0.3 is 10.2 Å². The Morgan fingerprint density at radius 1 is 1.57 bits per heavy atom. The number of nitrogen functional groups attached to an aromatic ring is 1. The highest BCUT2D eigenvalue weighted by Gasteiger charge is 2.15. The second kappa shape index (κ2) is 5.26. The van der Waals surface area contributed by atoms with Crippen LogP contribution in [0.25, 0.3) is 11.2 Å². The highest BCUT2D eigenvalue weighted by atomic mass is 32.2. The van der Waals surface area contributed by atoms with Crippen molar-refractivity contribution in [1.29, 1.82) is 5.26 Å². The van der Waals surface area contributed by atoms with Gasteiger partial charge in [0, 0.05) is 6.20 Å². The van der Waals surface area contributed by atoms with Gasteiger partial charge >= 0.3 is 0 Å². The van der Waals surface area contributed by atoms with Crippen molar-refractivity contribution in [3.63, 3.8) is 0 Å². The topological polar surface area (TPSA) is 124 Å². The van der Waals surface area contributed by atoms with Gasteiger partial charge in [-0.3, -0.25) is 4.79 Å². The Bertz CT molecular complexity index is 829. The van der Waals surface area contributed by atoms with E-state index in [1.54, 1.807) is 18.3 Å². The number of thioether (sulfide) groups is 1. The molecule has 0 spiro atoms. The molecule has 0 saturated carbocycles. The standard InChI is InChI=1S/C12H8N6O2S/c13-4-7-5-16-18(10(7)14)9(19)6-21-12-17-11-8(20-12)2-1-3-15-11/h1-3,5H,6,14H2. The summed E-state index contributed by atoms with van der Waals surface area (Å²) in [6, 6.07) is 5.33. The number of hydrogen-bond donors (Lipinski definition) is 1. The number of fused-ring (bicyclic) bond motifs is 1. The third-order valence-corrected chi connectivity index (χ3v) is 3.44. The van der Waals surface area contributed by atoms with Crippen LogP contribution in [0.15, 0.2) is 34.2 Å². The van der Waals surface area contributed by atoms with E-state index < -0.39 is 0 Å². The fourth-order valence-electron chi connectivity index (χ4n) is 1.64. The largest absolute Gasteiger partial charge is 0.430 e. The predicted molar refractivity (Wildman–Crippen MR) is 74.5 cm³/mol. The lowest BCUT2D eigenvalue weighted by molar-refractivity contribution is 0.0929. The molecule has 0 amide bonds. The Hall–Kier alpha value is -2.86. The zero-order chi connectivity index (χ0) is 14.8. The normalized spacial score (nSPS) is 10.6. The Morgan fingerprint density at radius 3 is 3.14 bits per heavy atom. The predicted octanol–water partition coefficient (Wildman–Crippen LogP) is 1.31. The SMILES string of the molecule is N#Cc1cnn(C(=O)CSc2nc3ncccc3o2)c1N. The number of nitrogens with zero attached hydrogens (tertiary/aromatic N) is 5. The maximum Gasteiger partial charge on any atom is 0.259 e. The summed E-state index contributed by atoms with van der Waals surface area (Å²) in [5, 5.41) is 12.9. The Labute approximate surface area is 122 Å². The van der Waals surface area contributed by atoms with Crippen LogP contribution in [-0.4, -0.2) is 31.4 Å². The average Bonchev–Trinajstić information content (AvgIpc) is 3.07. The van der Waals surface area contributed by atoms with Crippen LogP contribution >= 0.6 is 11.8 Å². The van der Waals surface area contributed by atoms with E-state index in [0.717, 1.165) is 16.4 Å². The minimum atomic E-state index is -0.366. The van der Waals surface area contributed by atoms with Crippen LogP contribution in [0.1, 0.15) is 10.4 Å². The van der Waals surface area contributed by atoms with E-state index in [0.29, 0.717) is 16.5 Å². The zero-order valence-electron chi connectivity index (χ0n) is 10.6. The molecular weight excluding hydrogens is 292 g/mol. The van der Waals surface area contributed by atoms with Crippen molar-refractivity contribution in [3.8, 4) is 6.07 Å². The summed E-state index contributed by atoms with van der Waals surface area (Å²) >= 11 is 1.11. The minimum Gasteiger partial charge on any atom is -0.430 e. The maximum absolute atomic E-state index is 12.0. The second-order valence-electron chi connectivity index (χ2n) is 3.95. The molecule has 3 aromatic rings. The van der Waals surface area contributed by atoms with E-state index >= 15 is 0 Å². The molecule has 0 aliphatic rings. The van der Waals surface area contributed by atoms with Gasteiger partial charge in [-0.05, 0) is 12.1 Å². The number of carbonyl (C=O) groups is 1. The third-order valence-electron chi connectivity index (χ3n) is 2.63. The molecule has 3 rings (SSSR count). The Morgan fingerprint density at radius 2 is 2.43 bits per heavy atom. The number of aromatic nitrogens is 4. The lowest BCUT2D eigenvalue weighted by Crippen LogP contribution is -2.17. The van der Waals surface area contributed by atoms with E-state index in [1.165, 1.54) is 6.20 Å². The summed E-state index contributed by atoms with van der Waals surface area (Å²) in [6.45, 7) is 0. The molecule has 0 fully saturated rings. The van der Waals surface area contributed by atoms with E-state index in [2.05, 4.69) is 15.1 Å². The summed E-state index contributed by atoms with van der Waals surface area (Å²) in [5.41, 5.74) is 6.85. The van der Waals surface area contributed by atoms with Gasteiger partial charge in [-0.2, -0.15) is 20.0 Å². The van der Waals surface area contributed by atoms with Gasteiger partial charge in [0.05, 0.1) is 11.9 Å². The third kappa shape index (κ3) is 2.44. The number of rotatable bonds is 3. The van der Waals surface area contributed by atoms with Gasteiger partial charge in [0.1, 0.15) is 17.5 Å². The highest BCUT2D eigenvalue weighted by Crippen LogP contribution is 2.22. The molecule has 0 aliphatic carbocycles. The van der Waals surface area contributed by atoms with E-state index in [4.69, 9.17) is 15.4 Å². The van der Waals surface area contributed by atoms with Crippen molar-refractivity contribution in [2.75, 3.05) is 11.5 Å². The van der Waals surface area contributed by atoms with Gasteiger partial charge in [-0.25, -0.2) is 4.98 Å². The number of pyridine rings is 1. The van der Waals surface area contributed by atoms with Gasteiger partial charge in [0.25, 0.3) is 11.1 Å². The van der Waals surface area contributed by atoms with E-state index in [1.807, 2.05) is 6.07 Å². The summed E-state index contributed by atoms with van der Waals surface area (Å²) < 4.78 is 6.43. The number of nitrogens with two attached hydrogens (primary N) is 1. The molecule has 0 aromatic carbocycles. The van der Waals surface area contributed by atoms with Crippen molar-refractivity contribution in [2.45, 2.75) is 5.22 Å². The Balaban J connectivity index is 1.73. The van der Waals surface area contributed by atoms with Crippen molar-refractivity contribution < 1.29 is 9.21 Å². The smallest absolute Gasteiger partial charge is 0.259 e. The van der Waals surface area contributed by atoms with Gasteiger partial charge in [-0.15, -0.1) is 0 Å². The first-order chi connectivity index (χ1) is 10.2. The highest BCUT2D eigenvalue weighted by molar-refractivity contribution is 7.99. The van der Waals surface area contributed by atoms with E-state index in [9.17, 15) is 4.79 Å². The van der Waals surface area contributed by atoms with Crippen LogP contribution in [-0.2, 0) is 0 Å². The number of carbonyl (C=O) groups excluding carboxylic acids is 1. The Kier molecular flexibility index (Phi) is 3.29. The van der Waals surface area contributed by atoms with Gasteiger partial charge in [-0.1, -0.05) is 11.8 Å². The molecule has 0 radical (unpaired) electrons. The average molecular weight is 300 g/mol. The molecule has 0 bridgehead atoms. The maximum atomic E-state index is 12.0. The van der Waals surface area contributed by atoms with Crippen LogP contribution in [0, 0.1) is 11.3 Å². The monoisotopic (exact) mass is 300 g/mol. The molecule has 0 unspecified atom stereocenters. The zero-order valence-corrected chi connectivity index (χ0v) is 11.4. The summed E-state index contributed by atoms with van der Waals surface area (Å²) in [4.78, 5) is 20.2. The number of oxazole rings is 1. The number of anilines is 1. The molecule has 0 saturated heterocycles. The van der Waals surface area contributed by atoms with Crippen LogP contribution in [0.3, 0.4) is 0 Å². The molecule has 3 heterocycles. The van der Waals surface area contributed by atoms with Gasteiger partial charge in [0.2, 0.25) is 0 Å². The second-order valence-corrected chi connectivity index (χ2v) is 4.88. The molecule has 0 atom stereocenters. The first-order valence-corrected chi connectivity index (χ1v) is 6.79. The molecule has 0 aliphatic heterocycles. The van der Waals surface area contributed by atoms with Gasteiger partial charge in [0.15, 0.2) is 11.2 Å². The number of hydrogen-bond acceptors (Lipinski definition) is 8. The molecular formula is C12H8N6O2S. The van der Waals surface area contributed by atoms with Crippen molar-refractivity contribution in [3.05, 3.63) is 30.1 Å². The quantitative estimate of drug-likeness (QED) is 0.718. The first kappa shape index (κ1) is 13.1. The lowest BCUT2D eigenvalue weighted by atomic mass is 10.4. The van der Waals surface area contributed by atoms with Crippen molar-refractivity contribution >= 4 is 34.7 Å². The molecule has 104 valence electrons. The number of nitriles is 1. The lowest BCUT2D eigenvalue weighted by Gasteiger charge is -2.00. The van der Waals surface area contributed by atoms with Crippen LogP contribution in [0.2, 0.25) is 0 Å². The molecule has 9 heteroatoms. The fourth-order valence-corrected chi connectivity index (χ4v) is 2.31. The van der Waals surface area contributed by atoms with Crippen molar-refractivity contribution in [1.82, 2.24) is 19.7 Å². The van der Waals surface area contributed by atoms with Crippen LogP contribution in [0.5, 0.6) is 0 Å². The molecule has 21 heavy (non-hydrogen) atoms.